The highest BCUT2D eigenvalue weighted by Crippen LogP contribution is 2.39. The van der Waals surface area contributed by atoms with E-state index in [1.54, 1.807) is 11.3 Å². The van der Waals surface area contributed by atoms with Crippen LogP contribution in [0.3, 0.4) is 0 Å². The van der Waals surface area contributed by atoms with E-state index in [1.807, 2.05) is 17.2 Å². The minimum atomic E-state index is 0.0474. The van der Waals surface area contributed by atoms with E-state index in [-0.39, 0.29) is 6.03 Å². The first-order chi connectivity index (χ1) is 10.2. The molecule has 1 aromatic rings. The fourth-order valence-electron chi connectivity index (χ4n) is 3.36. The maximum Gasteiger partial charge on any atom is 0.317 e. The molecule has 116 valence electrons. The van der Waals surface area contributed by atoms with Gasteiger partial charge in [0.1, 0.15) is 0 Å². The number of rotatable bonds is 2. The van der Waals surface area contributed by atoms with Crippen molar-refractivity contribution in [3.8, 4) is 0 Å². The minimum Gasteiger partial charge on any atom is -0.381 e. The van der Waals surface area contributed by atoms with Crippen LogP contribution in [0.5, 0.6) is 0 Å². The zero-order valence-electron chi connectivity index (χ0n) is 12.6. The summed E-state index contributed by atoms with van der Waals surface area (Å²) in [6.45, 7) is 5.93. The quantitative estimate of drug-likeness (QED) is 0.913. The molecule has 2 fully saturated rings. The summed E-state index contributed by atoms with van der Waals surface area (Å²) in [5, 5.41) is 6.05. The van der Waals surface area contributed by atoms with Crippen molar-refractivity contribution in [1.29, 1.82) is 0 Å². The van der Waals surface area contributed by atoms with Gasteiger partial charge in [0, 0.05) is 31.7 Å². The van der Waals surface area contributed by atoms with Crippen LogP contribution in [0.25, 0.3) is 0 Å². The van der Waals surface area contributed by atoms with Gasteiger partial charge in [-0.3, -0.25) is 0 Å². The fourth-order valence-corrected chi connectivity index (χ4v) is 3.97. The Bertz CT molecular complexity index is 491. The maximum absolute atomic E-state index is 12.4. The number of thiazole rings is 1. The molecule has 0 aromatic carbocycles. The zero-order valence-corrected chi connectivity index (χ0v) is 13.4. The molecule has 1 aromatic heterocycles. The number of hydrogen-bond donors (Lipinski definition) is 1. The van der Waals surface area contributed by atoms with Crippen molar-refractivity contribution in [3.63, 3.8) is 0 Å². The molecular formula is C15H23N3O2S. The number of aryl methyl sites for hydroxylation is 1. The number of aromatic nitrogens is 1. The van der Waals surface area contributed by atoms with Crippen molar-refractivity contribution < 1.29 is 9.53 Å². The van der Waals surface area contributed by atoms with Gasteiger partial charge in [-0.1, -0.05) is 0 Å². The molecule has 3 rings (SSSR count). The number of nitrogens with one attached hydrogen (secondary N) is 1. The van der Waals surface area contributed by atoms with Gasteiger partial charge in [0.2, 0.25) is 0 Å². The van der Waals surface area contributed by atoms with E-state index in [2.05, 4.69) is 10.3 Å². The Balaban J connectivity index is 1.54. The summed E-state index contributed by atoms with van der Waals surface area (Å²) < 4.78 is 5.47. The Morgan fingerprint density at radius 2 is 2.29 bits per heavy atom. The molecule has 2 aliphatic rings. The number of ether oxygens (including phenoxy) is 1. The van der Waals surface area contributed by atoms with Gasteiger partial charge in [-0.25, -0.2) is 9.78 Å². The van der Waals surface area contributed by atoms with Crippen LogP contribution < -0.4 is 5.32 Å². The van der Waals surface area contributed by atoms with Gasteiger partial charge in [-0.05, 0) is 38.0 Å². The predicted molar refractivity (Wildman–Crippen MR) is 82.4 cm³/mol. The highest BCUT2D eigenvalue weighted by Gasteiger charge is 2.38. The summed E-state index contributed by atoms with van der Waals surface area (Å²) in [5.74, 6) is 0. The van der Waals surface area contributed by atoms with Crippen LogP contribution in [-0.4, -0.2) is 42.2 Å². The molecule has 0 saturated carbocycles. The van der Waals surface area contributed by atoms with Gasteiger partial charge < -0.3 is 15.0 Å². The molecule has 21 heavy (non-hydrogen) atoms. The molecule has 5 nitrogen and oxygen atoms in total. The summed E-state index contributed by atoms with van der Waals surface area (Å²) in [7, 11) is 0. The summed E-state index contributed by atoms with van der Waals surface area (Å²) in [6.07, 6.45) is 4.50. The van der Waals surface area contributed by atoms with Gasteiger partial charge in [0.25, 0.3) is 0 Å². The largest absolute Gasteiger partial charge is 0.381 e. The highest BCUT2D eigenvalue weighted by molar-refractivity contribution is 7.09. The molecule has 0 unspecified atom stereocenters. The van der Waals surface area contributed by atoms with E-state index in [0.717, 1.165) is 56.3 Å². The first-order valence-corrected chi connectivity index (χ1v) is 8.56. The molecule has 0 aliphatic carbocycles. The van der Waals surface area contributed by atoms with Gasteiger partial charge in [0.15, 0.2) is 0 Å². The Hall–Kier alpha value is -1.14. The molecule has 1 N–H and O–H groups in total. The average Bonchev–Trinajstić information content (AvgIpc) is 2.91. The lowest BCUT2D eigenvalue weighted by atomic mass is 9.74. The molecule has 3 heterocycles. The van der Waals surface area contributed by atoms with Crippen LogP contribution >= 0.6 is 11.3 Å². The molecule has 0 bridgehead atoms. The van der Waals surface area contributed by atoms with Gasteiger partial charge in [-0.15, -0.1) is 11.3 Å². The van der Waals surface area contributed by atoms with Crippen LogP contribution in [0.2, 0.25) is 0 Å². The van der Waals surface area contributed by atoms with Crippen molar-refractivity contribution in [2.75, 3.05) is 26.3 Å². The van der Waals surface area contributed by atoms with Gasteiger partial charge in [-0.2, -0.15) is 0 Å². The Kier molecular flexibility index (Phi) is 4.45. The molecule has 6 heteroatoms. The van der Waals surface area contributed by atoms with Crippen LogP contribution in [0.15, 0.2) is 5.38 Å². The van der Waals surface area contributed by atoms with Crippen LogP contribution in [0.1, 0.15) is 36.4 Å². The second kappa shape index (κ2) is 6.32. The molecule has 2 aliphatic heterocycles. The first-order valence-electron chi connectivity index (χ1n) is 7.68. The zero-order chi connectivity index (χ0) is 14.7. The van der Waals surface area contributed by atoms with E-state index < -0.39 is 0 Å². The monoisotopic (exact) mass is 309 g/mol. The second-order valence-electron chi connectivity index (χ2n) is 6.15. The highest BCUT2D eigenvalue weighted by atomic mass is 32.1. The van der Waals surface area contributed by atoms with E-state index in [1.165, 1.54) is 6.42 Å². The van der Waals surface area contributed by atoms with Gasteiger partial charge >= 0.3 is 6.03 Å². The Morgan fingerprint density at radius 3 is 3.00 bits per heavy atom. The average molecular weight is 309 g/mol. The smallest absolute Gasteiger partial charge is 0.317 e. The van der Waals surface area contributed by atoms with Crippen molar-refractivity contribution in [3.05, 3.63) is 16.1 Å². The van der Waals surface area contributed by atoms with Crippen molar-refractivity contribution in [2.24, 2.45) is 5.41 Å². The lowest BCUT2D eigenvalue weighted by Crippen LogP contribution is -2.51. The number of urea groups is 1. The van der Waals surface area contributed by atoms with E-state index in [4.69, 9.17) is 4.74 Å². The number of carbonyl (C=O) groups excluding carboxylic acids is 1. The molecule has 2 amide bonds. The van der Waals surface area contributed by atoms with Crippen LogP contribution in [0, 0.1) is 12.3 Å². The third-order valence-electron chi connectivity index (χ3n) is 4.59. The Morgan fingerprint density at radius 1 is 1.48 bits per heavy atom. The van der Waals surface area contributed by atoms with Crippen molar-refractivity contribution in [2.45, 2.75) is 39.2 Å². The topological polar surface area (TPSA) is 54.5 Å². The maximum atomic E-state index is 12.4. The number of amides is 2. The normalized spacial score (nSPS) is 21.5. The summed E-state index contributed by atoms with van der Waals surface area (Å²) >= 11 is 1.62. The molecule has 2 saturated heterocycles. The molecule has 1 spiro atoms. The minimum absolute atomic E-state index is 0.0474. The lowest BCUT2D eigenvalue weighted by Gasteiger charge is -2.44. The summed E-state index contributed by atoms with van der Waals surface area (Å²) in [6, 6.07) is 0.0474. The number of carbonyl (C=O) groups is 1. The number of likely N-dealkylation sites (tertiary alicyclic amines) is 1. The van der Waals surface area contributed by atoms with Crippen molar-refractivity contribution in [1.82, 2.24) is 15.2 Å². The third-order valence-corrected chi connectivity index (χ3v) is 5.41. The van der Waals surface area contributed by atoms with E-state index in [9.17, 15) is 4.79 Å². The van der Waals surface area contributed by atoms with Crippen LogP contribution in [-0.2, 0) is 11.3 Å². The van der Waals surface area contributed by atoms with Gasteiger partial charge in [0.05, 0.1) is 17.2 Å². The predicted octanol–water partition coefficient (Wildman–Crippen LogP) is 2.55. The van der Waals surface area contributed by atoms with E-state index >= 15 is 0 Å². The SMILES string of the molecule is Cc1nc(CNC(=O)N2CCCC3(CCOCC3)C2)cs1. The van der Waals surface area contributed by atoms with Crippen molar-refractivity contribution >= 4 is 17.4 Å². The molecular weight excluding hydrogens is 286 g/mol. The summed E-state index contributed by atoms with van der Waals surface area (Å²) in [5.41, 5.74) is 1.24. The van der Waals surface area contributed by atoms with E-state index in [0.29, 0.717) is 12.0 Å². The first kappa shape index (κ1) is 14.8. The number of piperidine rings is 1. The summed E-state index contributed by atoms with van der Waals surface area (Å²) in [4.78, 5) is 18.7. The number of nitrogens with zero attached hydrogens (tertiary/aromatic N) is 2. The lowest BCUT2D eigenvalue weighted by molar-refractivity contribution is -0.0186. The standard InChI is InChI=1S/C15H23N3O2S/c1-12-17-13(10-21-12)9-16-14(19)18-6-2-3-15(11-18)4-7-20-8-5-15/h10H,2-9,11H2,1H3,(H,16,19). The second-order valence-corrected chi connectivity index (χ2v) is 7.22. The fraction of sp³-hybridized carbons (Fsp3) is 0.733. The van der Waals surface area contributed by atoms with Crippen LogP contribution in [0.4, 0.5) is 4.79 Å². The third kappa shape index (κ3) is 3.55. The number of hydrogen-bond acceptors (Lipinski definition) is 4. The molecule has 0 atom stereocenters. The molecule has 0 radical (unpaired) electrons. The Labute approximate surface area is 129 Å².